The van der Waals surface area contributed by atoms with E-state index < -0.39 is 28.5 Å². The summed E-state index contributed by atoms with van der Waals surface area (Å²) in [7, 11) is -4.20. The summed E-state index contributed by atoms with van der Waals surface area (Å²) in [6.07, 6.45) is 2.89. The zero-order valence-electron chi connectivity index (χ0n) is 28.3. The first-order valence-corrected chi connectivity index (χ1v) is 18.8. The molecule has 0 unspecified atom stereocenters. The van der Waals surface area contributed by atoms with Gasteiger partial charge in [-0.25, -0.2) is 8.42 Å². The molecule has 2 atom stereocenters. The van der Waals surface area contributed by atoms with E-state index in [0.717, 1.165) is 25.9 Å². The first-order valence-electron chi connectivity index (χ1n) is 16.1. The summed E-state index contributed by atoms with van der Waals surface area (Å²) < 4.78 is 35.4. The molecule has 0 saturated heterocycles. The van der Waals surface area contributed by atoms with Gasteiger partial charge in [0.1, 0.15) is 18.3 Å². The number of carbonyl (C=O) groups is 2. The van der Waals surface area contributed by atoms with E-state index in [4.69, 9.17) is 4.74 Å². The number of anilines is 1. The number of ether oxygens (including phenoxy) is 1. The van der Waals surface area contributed by atoms with Gasteiger partial charge in [0.25, 0.3) is 10.0 Å². The van der Waals surface area contributed by atoms with Gasteiger partial charge in [-0.1, -0.05) is 67.1 Å². The fraction of sp³-hybridized carbons (Fsp3) is 0.316. The third kappa shape index (κ3) is 9.64. The molecule has 4 aromatic rings. The summed E-state index contributed by atoms with van der Waals surface area (Å²) in [5.74, 6) is -0.216. The maximum atomic E-state index is 14.7. The minimum Gasteiger partial charge on any atom is -0.494 e. The molecular formula is C38H45N3O5S2. The van der Waals surface area contributed by atoms with Gasteiger partial charge in [0.2, 0.25) is 11.8 Å². The fourth-order valence-corrected chi connectivity index (χ4v) is 7.10. The fourth-order valence-electron chi connectivity index (χ4n) is 5.28. The third-order valence-electron chi connectivity index (χ3n) is 8.07. The summed E-state index contributed by atoms with van der Waals surface area (Å²) in [5, 5.41) is 3.07. The maximum absolute atomic E-state index is 14.7. The lowest BCUT2D eigenvalue weighted by atomic mass is 10.0. The number of aryl methyl sites for hydroxylation is 1. The Morgan fingerprint density at radius 3 is 2.15 bits per heavy atom. The van der Waals surface area contributed by atoms with Gasteiger partial charge in [-0.15, -0.1) is 11.8 Å². The van der Waals surface area contributed by atoms with E-state index in [1.165, 1.54) is 16.7 Å². The number of benzene rings is 4. The molecule has 10 heteroatoms. The van der Waals surface area contributed by atoms with Crippen molar-refractivity contribution >= 4 is 39.3 Å². The number of nitrogens with one attached hydrogen (secondary N) is 1. The first kappa shape index (κ1) is 36.6. The van der Waals surface area contributed by atoms with Crippen LogP contribution in [0.4, 0.5) is 5.69 Å². The molecule has 48 heavy (non-hydrogen) atoms. The van der Waals surface area contributed by atoms with Gasteiger partial charge < -0.3 is 15.0 Å². The third-order valence-corrected chi connectivity index (χ3v) is 10.6. The van der Waals surface area contributed by atoms with Crippen molar-refractivity contribution in [1.29, 1.82) is 0 Å². The summed E-state index contributed by atoms with van der Waals surface area (Å²) >= 11 is 1.51. The minimum absolute atomic E-state index is 0.0579. The predicted octanol–water partition coefficient (Wildman–Crippen LogP) is 6.87. The summed E-state index contributed by atoms with van der Waals surface area (Å²) in [6.45, 7) is 7.80. The zero-order chi connectivity index (χ0) is 34.7. The molecular weight excluding hydrogens is 643 g/mol. The highest BCUT2D eigenvalue weighted by atomic mass is 32.2. The molecule has 4 aromatic carbocycles. The first-order chi connectivity index (χ1) is 23.0. The number of amides is 2. The Morgan fingerprint density at radius 1 is 0.875 bits per heavy atom. The Morgan fingerprint density at radius 2 is 1.54 bits per heavy atom. The Labute approximate surface area is 289 Å². The SMILES string of the molecule is CCOc1ccc(N(CC(=O)N(Cc2cccc(C)c2)[C@H](Cc2ccccc2)C(=O)N[C@@H](C)CC)S(=O)(=O)c2ccc(SC)cc2)cc1. The molecule has 0 aliphatic heterocycles. The molecule has 0 radical (unpaired) electrons. The van der Waals surface area contributed by atoms with Crippen LogP contribution in [0.1, 0.15) is 43.9 Å². The molecule has 1 N–H and O–H groups in total. The average Bonchev–Trinajstić information content (AvgIpc) is 3.09. The standard InChI is InChI=1S/C38H45N3O5S2/c1-6-29(4)39-38(43)36(25-30-13-9-8-10-14-30)40(26-31-15-11-12-28(3)24-31)37(42)27-41(32-16-18-33(19-17-32)46-7-2)48(44,45)35-22-20-34(47-5)21-23-35/h8-24,29,36H,6-7,25-27H2,1-5H3,(H,39,43)/t29-,36+/m0/s1. The van der Waals surface area contributed by atoms with E-state index >= 15 is 0 Å². The van der Waals surface area contributed by atoms with Crippen molar-refractivity contribution in [3.05, 3.63) is 120 Å². The number of thioether (sulfide) groups is 1. The van der Waals surface area contributed by atoms with Crippen LogP contribution in [0.2, 0.25) is 0 Å². The molecule has 254 valence electrons. The van der Waals surface area contributed by atoms with Crippen molar-refractivity contribution in [1.82, 2.24) is 10.2 Å². The smallest absolute Gasteiger partial charge is 0.264 e. The molecule has 2 amide bonds. The van der Waals surface area contributed by atoms with Crippen molar-refractivity contribution in [2.45, 2.75) is 69.0 Å². The van der Waals surface area contributed by atoms with Gasteiger partial charge in [-0.05, 0) is 93.1 Å². The Hall–Kier alpha value is -4.28. The molecule has 0 spiro atoms. The van der Waals surface area contributed by atoms with Crippen molar-refractivity contribution < 1.29 is 22.7 Å². The minimum atomic E-state index is -4.20. The molecule has 0 aromatic heterocycles. The van der Waals surface area contributed by atoms with Crippen LogP contribution in [0.15, 0.2) is 113 Å². The van der Waals surface area contributed by atoms with E-state index in [1.54, 1.807) is 48.5 Å². The molecule has 0 aliphatic carbocycles. The molecule has 4 rings (SSSR count). The highest BCUT2D eigenvalue weighted by molar-refractivity contribution is 7.98. The van der Waals surface area contributed by atoms with Crippen LogP contribution in [0.25, 0.3) is 0 Å². The lowest BCUT2D eigenvalue weighted by Crippen LogP contribution is -2.54. The van der Waals surface area contributed by atoms with Gasteiger partial charge in [-0.2, -0.15) is 0 Å². The average molecular weight is 688 g/mol. The second-order valence-corrected chi connectivity index (χ2v) is 14.4. The van der Waals surface area contributed by atoms with Crippen LogP contribution in [0, 0.1) is 6.92 Å². The highest BCUT2D eigenvalue weighted by Crippen LogP contribution is 2.28. The number of hydrogen-bond acceptors (Lipinski definition) is 6. The molecule has 0 aliphatic rings. The van der Waals surface area contributed by atoms with Crippen LogP contribution in [-0.4, -0.2) is 56.6 Å². The van der Waals surface area contributed by atoms with Gasteiger partial charge >= 0.3 is 0 Å². The Kier molecular flexibility index (Phi) is 13.1. The van der Waals surface area contributed by atoms with E-state index in [-0.39, 0.29) is 29.8 Å². The molecule has 8 nitrogen and oxygen atoms in total. The molecule has 0 fully saturated rings. The molecule has 0 bridgehead atoms. The lowest BCUT2D eigenvalue weighted by molar-refractivity contribution is -0.140. The quantitative estimate of drug-likeness (QED) is 0.129. The Balaban J connectivity index is 1.81. The van der Waals surface area contributed by atoms with Gasteiger partial charge in [0.05, 0.1) is 17.2 Å². The van der Waals surface area contributed by atoms with Gasteiger partial charge in [0, 0.05) is 23.9 Å². The number of nitrogens with zero attached hydrogens (tertiary/aromatic N) is 2. The number of hydrogen-bond donors (Lipinski definition) is 1. The van der Waals surface area contributed by atoms with E-state index in [2.05, 4.69) is 5.32 Å². The number of sulfonamides is 1. The van der Waals surface area contributed by atoms with E-state index in [9.17, 15) is 18.0 Å². The second-order valence-electron chi connectivity index (χ2n) is 11.6. The monoisotopic (exact) mass is 687 g/mol. The van der Waals surface area contributed by atoms with Crippen LogP contribution < -0.4 is 14.4 Å². The van der Waals surface area contributed by atoms with Crippen molar-refractivity contribution in [2.24, 2.45) is 0 Å². The topological polar surface area (TPSA) is 96.0 Å². The van der Waals surface area contributed by atoms with Crippen molar-refractivity contribution in [2.75, 3.05) is 23.7 Å². The highest BCUT2D eigenvalue weighted by Gasteiger charge is 2.35. The number of carbonyl (C=O) groups excluding carboxylic acids is 2. The van der Waals surface area contributed by atoms with Gasteiger partial charge in [-0.3, -0.25) is 13.9 Å². The summed E-state index contributed by atoms with van der Waals surface area (Å²) in [4.78, 5) is 31.2. The van der Waals surface area contributed by atoms with Crippen molar-refractivity contribution in [3.8, 4) is 5.75 Å². The normalized spacial score (nSPS) is 12.5. The van der Waals surface area contributed by atoms with Crippen LogP contribution in [0.5, 0.6) is 5.75 Å². The van der Waals surface area contributed by atoms with Gasteiger partial charge in [0.15, 0.2) is 0 Å². The molecule has 0 heterocycles. The Bertz CT molecular complexity index is 1750. The van der Waals surface area contributed by atoms with Crippen LogP contribution in [0.3, 0.4) is 0 Å². The lowest BCUT2D eigenvalue weighted by Gasteiger charge is -2.34. The molecule has 0 saturated carbocycles. The maximum Gasteiger partial charge on any atom is 0.264 e. The zero-order valence-corrected chi connectivity index (χ0v) is 29.9. The second kappa shape index (κ2) is 17.2. The van der Waals surface area contributed by atoms with Crippen LogP contribution >= 0.6 is 11.8 Å². The van der Waals surface area contributed by atoms with Crippen molar-refractivity contribution in [3.63, 3.8) is 0 Å². The number of rotatable bonds is 16. The summed E-state index contributed by atoms with van der Waals surface area (Å²) in [5.41, 5.74) is 3.03. The van der Waals surface area contributed by atoms with E-state index in [1.807, 2.05) is 88.5 Å². The van der Waals surface area contributed by atoms with E-state index in [0.29, 0.717) is 24.5 Å². The largest absolute Gasteiger partial charge is 0.494 e. The summed E-state index contributed by atoms with van der Waals surface area (Å²) in [6, 6.07) is 29.5. The van der Waals surface area contributed by atoms with Crippen LogP contribution in [-0.2, 0) is 32.6 Å². The predicted molar refractivity (Wildman–Crippen MR) is 194 cm³/mol.